The first-order chi connectivity index (χ1) is 11.7. The molecule has 4 nitrogen and oxygen atoms in total. The number of nitriles is 1. The molecule has 0 saturated carbocycles. The molecule has 2 aromatic heterocycles. The maximum absolute atomic E-state index is 9.23. The van der Waals surface area contributed by atoms with Crippen molar-refractivity contribution < 1.29 is 4.42 Å². The van der Waals surface area contributed by atoms with Gasteiger partial charge in [0, 0.05) is 24.0 Å². The Balaban J connectivity index is 1.76. The summed E-state index contributed by atoms with van der Waals surface area (Å²) in [5, 5.41) is 9.23. The van der Waals surface area contributed by atoms with Crippen molar-refractivity contribution in [3.63, 3.8) is 0 Å². The second-order valence-electron chi connectivity index (χ2n) is 5.79. The molecule has 3 aromatic rings. The van der Waals surface area contributed by atoms with Crippen molar-refractivity contribution in [1.82, 2.24) is 9.88 Å². The summed E-state index contributed by atoms with van der Waals surface area (Å²) in [4.78, 5) is 6.28. The number of pyridine rings is 1. The number of nitrogens with zero attached hydrogens (tertiary/aromatic N) is 3. The fraction of sp³-hybridized carbons (Fsp3) is 0.200. The van der Waals surface area contributed by atoms with Crippen LogP contribution < -0.4 is 0 Å². The third-order valence-electron chi connectivity index (χ3n) is 4.23. The van der Waals surface area contributed by atoms with Gasteiger partial charge in [-0.3, -0.25) is 9.88 Å². The first kappa shape index (κ1) is 16.0. The highest BCUT2D eigenvalue weighted by molar-refractivity contribution is 5.66. The first-order valence-electron chi connectivity index (χ1n) is 7.87. The molecule has 4 heteroatoms. The van der Waals surface area contributed by atoms with E-state index in [2.05, 4.69) is 29.9 Å². The Kier molecular flexibility index (Phi) is 4.74. The minimum atomic E-state index is 0.257. The summed E-state index contributed by atoms with van der Waals surface area (Å²) in [5.41, 5.74) is 2.67. The van der Waals surface area contributed by atoms with E-state index < -0.39 is 0 Å². The van der Waals surface area contributed by atoms with Gasteiger partial charge >= 0.3 is 0 Å². The zero-order valence-electron chi connectivity index (χ0n) is 13.8. The Morgan fingerprint density at radius 2 is 1.88 bits per heavy atom. The number of benzene rings is 1. The maximum Gasteiger partial charge on any atom is 0.135 e. The lowest BCUT2D eigenvalue weighted by molar-refractivity contribution is 0.233. The van der Waals surface area contributed by atoms with Crippen LogP contribution in [0.3, 0.4) is 0 Å². The molecule has 0 amide bonds. The molecule has 1 aromatic carbocycles. The second-order valence-corrected chi connectivity index (χ2v) is 5.79. The summed E-state index contributed by atoms with van der Waals surface area (Å²) in [7, 11) is 2.07. The van der Waals surface area contributed by atoms with Gasteiger partial charge in [0.15, 0.2) is 0 Å². The van der Waals surface area contributed by atoms with E-state index in [4.69, 9.17) is 4.42 Å². The predicted octanol–water partition coefficient (Wildman–Crippen LogP) is 4.41. The van der Waals surface area contributed by atoms with Crippen molar-refractivity contribution in [3.05, 3.63) is 77.8 Å². The van der Waals surface area contributed by atoms with E-state index in [9.17, 15) is 5.26 Å². The highest BCUT2D eigenvalue weighted by Gasteiger charge is 2.15. The van der Waals surface area contributed by atoms with Crippen LogP contribution in [0.15, 0.2) is 65.3 Å². The Hall–Kier alpha value is -2.90. The van der Waals surface area contributed by atoms with Gasteiger partial charge in [0.1, 0.15) is 11.5 Å². The lowest BCUT2D eigenvalue weighted by atomic mass is 10.1. The molecular formula is C20H19N3O. The number of hydrogen-bond donors (Lipinski definition) is 0. The Morgan fingerprint density at radius 1 is 1.12 bits per heavy atom. The number of rotatable bonds is 5. The average molecular weight is 317 g/mol. The molecule has 0 spiro atoms. The van der Waals surface area contributed by atoms with Crippen LogP contribution in [-0.4, -0.2) is 16.9 Å². The molecule has 120 valence electrons. The van der Waals surface area contributed by atoms with Crippen LogP contribution in [0.25, 0.3) is 11.3 Å². The van der Waals surface area contributed by atoms with Crippen molar-refractivity contribution >= 4 is 0 Å². The highest BCUT2D eigenvalue weighted by Crippen LogP contribution is 2.27. The summed E-state index contributed by atoms with van der Waals surface area (Å²) >= 11 is 0. The van der Waals surface area contributed by atoms with E-state index in [-0.39, 0.29) is 6.04 Å². The van der Waals surface area contributed by atoms with Gasteiger partial charge in [-0.15, -0.1) is 0 Å². The molecule has 0 aliphatic carbocycles. The minimum absolute atomic E-state index is 0.257. The summed E-state index contributed by atoms with van der Waals surface area (Å²) in [6, 6.07) is 17.9. The summed E-state index contributed by atoms with van der Waals surface area (Å²) in [5.74, 6) is 1.60. The van der Waals surface area contributed by atoms with Gasteiger partial charge < -0.3 is 4.42 Å². The molecule has 2 heterocycles. The van der Waals surface area contributed by atoms with Crippen molar-refractivity contribution in [3.8, 4) is 17.4 Å². The van der Waals surface area contributed by atoms with Crippen LogP contribution >= 0.6 is 0 Å². The van der Waals surface area contributed by atoms with E-state index >= 15 is 0 Å². The van der Waals surface area contributed by atoms with Crippen molar-refractivity contribution in [1.29, 1.82) is 5.26 Å². The molecule has 0 bridgehead atoms. The van der Waals surface area contributed by atoms with E-state index in [0.717, 1.165) is 17.1 Å². The van der Waals surface area contributed by atoms with Gasteiger partial charge in [0.25, 0.3) is 0 Å². The smallest absolute Gasteiger partial charge is 0.135 e. The van der Waals surface area contributed by atoms with Crippen LogP contribution in [-0.2, 0) is 6.54 Å². The highest BCUT2D eigenvalue weighted by atomic mass is 16.3. The molecule has 0 fully saturated rings. The molecule has 0 N–H and O–H groups in total. The fourth-order valence-corrected chi connectivity index (χ4v) is 2.68. The van der Waals surface area contributed by atoms with Gasteiger partial charge in [-0.25, -0.2) is 0 Å². The third-order valence-corrected chi connectivity index (χ3v) is 4.23. The molecule has 0 radical (unpaired) electrons. The predicted molar refractivity (Wildman–Crippen MR) is 93.0 cm³/mol. The molecule has 0 unspecified atom stereocenters. The fourth-order valence-electron chi connectivity index (χ4n) is 2.68. The van der Waals surface area contributed by atoms with Crippen LogP contribution in [0.4, 0.5) is 0 Å². The molecular weight excluding hydrogens is 298 g/mol. The van der Waals surface area contributed by atoms with Crippen molar-refractivity contribution in [2.75, 3.05) is 7.05 Å². The van der Waals surface area contributed by atoms with Crippen LogP contribution in [0.5, 0.6) is 0 Å². The molecule has 0 aliphatic heterocycles. The molecule has 0 aliphatic rings. The Morgan fingerprint density at radius 3 is 2.62 bits per heavy atom. The minimum Gasteiger partial charge on any atom is -0.460 e. The topological polar surface area (TPSA) is 53.1 Å². The molecule has 3 rings (SSSR count). The molecule has 1 atom stereocenters. The number of furan rings is 1. The van der Waals surface area contributed by atoms with Crippen molar-refractivity contribution in [2.45, 2.75) is 19.5 Å². The third kappa shape index (κ3) is 3.37. The van der Waals surface area contributed by atoms with Gasteiger partial charge in [-0.2, -0.15) is 5.26 Å². The monoisotopic (exact) mass is 317 g/mol. The lowest BCUT2D eigenvalue weighted by Gasteiger charge is -2.23. The lowest BCUT2D eigenvalue weighted by Crippen LogP contribution is -2.21. The summed E-state index contributed by atoms with van der Waals surface area (Å²) in [6.45, 7) is 2.85. The number of aromatic nitrogens is 1. The molecule has 0 saturated heterocycles. The summed E-state index contributed by atoms with van der Waals surface area (Å²) < 4.78 is 5.96. The van der Waals surface area contributed by atoms with Crippen molar-refractivity contribution in [2.24, 2.45) is 0 Å². The van der Waals surface area contributed by atoms with Gasteiger partial charge in [-0.05, 0) is 55.9 Å². The zero-order chi connectivity index (χ0) is 16.9. The van der Waals surface area contributed by atoms with Crippen LogP contribution in [0.2, 0.25) is 0 Å². The molecule has 24 heavy (non-hydrogen) atoms. The summed E-state index contributed by atoms with van der Waals surface area (Å²) in [6.07, 6.45) is 3.62. The second kappa shape index (κ2) is 7.12. The quantitative estimate of drug-likeness (QED) is 0.699. The SMILES string of the molecule is C[C@H](c1ccncc1)N(C)Cc1ccc(-c2ccccc2C#N)o1. The van der Waals surface area contributed by atoms with Gasteiger partial charge in [0.05, 0.1) is 18.2 Å². The van der Waals surface area contributed by atoms with Gasteiger partial charge in [0.2, 0.25) is 0 Å². The maximum atomic E-state index is 9.23. The van der Waals surface area contributed by atoms with Gasteiger partial charge in [-0.1, -0.05) is 12.1 Å². The van der Waals surface area contributed by atoms with Crippen LogP contribution in [0.1, 0.15) is 29.9 Å². The number of hydrogen-bond acceptors (Lipinski definition) is 4. The zero-order valence-corrected chi connectivity index (χ0v) is 13.8. The Labute approximate surface area is 142 Å². The average Bonchev–Trinajstić information content (AvgIpc) is 3.10. The van der Waals surface area contributed by atoms with E-state index in [0.29, 0.717) is 12.1 Å². The first-order valence-corrected chi connectivity index (χ1v) is 7.87. The van der Waals surface area contributed by atoms with E-state index in [1.54, 1.807) is 6.07 Å². The normalized spacial score (nSPS) is 12.1. The van der Waals surface area contributed by atoms with E-state index in [1.807, 2.05) is 54.9 Å². The Bertz CT molecular complexity index is 849. The largest absolute Gasteiger partial charge is 0.460 e. The van der Waals surface area contributed by atoms with Crippen LogP contribution in [0, 0.1) is 11.3 Å². The van der Waals surface area contributed by atoms with E-state index in [1.165, 1.54) is 5.56 Å². The standard InChI is InChI=1S/C20H19N3O/c1-15(16-9-11-22-12-10-16)23(2)14-18-7-8-20(24-18)19-6-4-3-5-17(19)13-21/h3-12,15H,14H2,1-2H3/t15-/m1/s1.